The number of phenolic OH excluding ortho intramolecular Hbond substituents is 1. The van der Waals surface area contributed by atoms with Crippen LogP contribution in [0.3, 0.4) is 0 Å². The fraction of sp³-hybridized carbons (Fsp3) is 0.241. The Hall–Kier alpha value is -4.10. The van der Waals surface area contributed by atoms with Crippen molar-refractivity contribution >= 4 is 17.4 Å². The SMILES string of the molecule is Cc1ccccc1COc1ccc(/C(O)=C2/C(=O)C(=O)N(CCN(C)C)C2c2ccc(O)cc2)cc1. The number of aliphatic hydroxyl groups excluding tert-OH is 1. The van der Waals surface area contributed by atoms with Crippen LogP contribution in [0.25, 0.3) is 5.76 Å². The van der Waals surface area contributed by atoms with Crippen molar-refractivity contribution in [3.8, 4) is 11.5 Å². The van der Waals surface area contributed by atoms with Crippen molar-refractivity contribution < 1.29 is 24.5 Å². The summed E-state index contributed by atoms with van der Waals surface area (Å²) in [7, 11) is 3.77. The highest BCUT2D eigenvalue weighted by atomic mass is 16.5. The monoisotopic (exact) mass is 486 g/mol. The van der Waals surface area contributed by atoms with Gasteiger partial charge in [-0.3, -0.25) is 9.59 Å². The molecule has 36 heavy (non-hydrogen) atoms. The van der Waals surface area contributed by atoms with Crippen molar-refractivity contribution in [1.29, 1.82) is 0 Å². The first-order chi connectivity index (χ1) is 17.3. The van der Waals surface area contributed by atoms with E-state index in [0.717, 1.165) is 11.1 Å². The zero-order chi connectivity index (χ0) is 25.8. The van der Waals surface area contributed by atoms with Crippen LogP contribution in [0, 0.1) is 6.92 Å². The Morgan fingerprint density at radius 3 is 2.28 bits per heavy atom. The molecule has 3 aromatic rings. The van der Waals surface area contributed by atoms with Crippen LogP contribution in [0.5, 0.6) is 11.5 Å². The van der Waals surface area contributed by atoms with Crippen LogP contribution in [0.4, 0.5) is 0 Å². The maximum atomic E-state index is 13.1. The fourth-order valence-corrected chi connectivity index (χ4v) is 4.22. The van der Waals surface area contributed by atoms with Crippen molar-refractivity contribution in [3.63, 3.8) is 0 Å². The van der Waals surface area contributed by atoms with Crippen LogP contribution in [0.1, 0.15) is 28.3 Å². The number of rotatable bonds is 8. The molecule has 2 N–H and O–H groups in total. The number of nitrogens with zero attached hydrogens (tertiary/aromatic N) is 2. The van der Waals surface area contributed by atoms with E-state index >= 15 is 0 Å². The predicted octanol–water partition coefficient (Wildman–Crippen LogP) is 4.26. The van der Waals surface area contributed by atoms with E-state index in [9.17, 15) is 19.8 Å². The molecule has 4 rings (SSSR count). The highest BCUT2D eigenvalue weighted by molar-refractivity contribution is 6.46. The van der Waals surface area contributed by atoms with E-state index in [0.29, 0.717) is 36.6 Å². The average Bonchev–Trinajstić information content (AvgIpc) is 3.12. The quantitative estimate of drug-likeness (QED) is 0.281. The van der Waals surface area contributed by atoms with Crippen LogP contribution in [-0.2, 0) is 16.2 Å². The van der Waals surface area contributed by atoms with Crippen LogP contribution >= 0.6 is 0 Å². The molecule has 0 spiro atoms. The van der Waals surface area contributed by atoms with Gasteiger partial charge < -0.3 is 24.7 Å². The summed E-state index contributed by atoms with van der Waals surface area (Å²) >= 11 is 0. The van der Waals surface area contributed by atoms with Gasteiger partial charge in [0.2, 0.25) is 0 Å². The minimum absolute atomic E-state index is 0.0259. The number of aliphatic hydroxyl groups is 1. The molecule has 0 aliphatic carbocycles. The topological polar surface area (TPSA) is 90.3 Å². The van der Waals surface area contributed by atoms with Crippen molar-refractivity contribution in [2.45, 2.75) is 19.6 Å². The van der Waals surface area contributed by atoms with Gasteiger partial charge in [0.1, 0.15) is 23.9 Å². The van der Waals surface area contributed by atoms with Crippen molar-refractivity contribution in [1.82, 2.24) is 9.80 Å². The molecule has 3 aromatic carbocycles. The number of aryl methyl sites for hydroxylation is 1. The van der Waals surface area contributed by atoms with Crippen LogP contribution < -0.4 is 4.74 Å². The number of Topliss-reactive ketones (excluding diaryl/α,β-unsaturated/α-hetero) is 1. The number of aromatic hydroxyl groups is 1. The summed E-state index contributed by atoms with van der Waals surface area (Å²) in [4.78, 5) is 29.4. The average molecular weight is 487 g/mol. The second-order valence-electron chi connectivity index (χ2n) is 9.13. The van der Waals surface area contributed by atoms with Gasteiger partial charge in [-0.05, 0) is 74.1 Å². The van der Waals surface area contributed by atoms with Crippen molar-refractivity contribution in [2.75, 3.05) is 27.2 Å². The first-order valence-electron chi connectivity index (χ1n) is 11.8. The number of ether oxygens (including phenoxy) is 1. The van der Waals surface area contributed by atoms with Gasteiger partial charge in [-0.15, -0.1) is 0 Å². The third-order valence-corrected chi connectivity index (χ3v) is 6.32. The second kappa shape index (κ2) is 10.7. The fourth-order valence-electron chi connectivity index (χ4n) is 4.22. The Kier molecular flexibility index (Phi) is 7.41. The van der Waals surface area contributed by atoms with Crippen LogP contribution in [0.15, 0.2) is 78.4 Å². The molecular weight excluding hydrogens is 456 g/mol. The van der Waals surface area contributed by atoms with E-state index in [-0.39, 0.29) is 17.1 Å². The molecule has 1 saturated heterocycles. The molecule has 7 nitrogen and oxygen atoms in total. The third-order valence-electron chi connectivity index (χ3n) is 6.32. The predicted molar refractivity (Wildman–Crippen MR) is 138 cm³/mol. The van der Waals surface area contributed by atoms with Crippen LogP contribution in [-0.4, -0.2) is 58.9 Å². The number of amides is 1. The molecule has 7 heteroatoms. The molecule has 0 radical (unpaired) electrons. The highest BCUT2D eigenvalue weighted by Gasteiger charge is 2.45. The minimum Gasteiger partial charge on any atom is -0.508 e. The number of carbonyl (C=O) groups excluding carboxylic acids is 2. The van der Waals surface area contributed by atoms with E-state index in [2.05, 4.69) is 0 Å². The molecule has 1 atom stereocenters. The smallest absolute Gasteiger partial charge is 0.295 e. The van der Waals surface area contributed by atoms with E-state index < -0.39 is 17.7 Å². The summed E-state index contributed by atoms with van der Waals surface area (Å²) in [5.74, 6) is -0.940. The molecule has 1 heterocycles. The molecule has 1 fully saturated rings. The summed E-state index contributed by atoms with van der Waals surface area (Å²) in [5, 5.41) is 20.9. The Labute approximate surface area is 210 Å². The lowest BCUT2D eigenvalue weighted by atomic mass is 9.95. The molecule has 0 aromatic heterocycles. The molecule has 1 aliphatic rings. The number of phenols is 1. The standard InChI is InChI=1S/C29H30N2O5/c1-19-6-4-5-7-22(19)18-36-24-14-10-21(11-15-24)27(33)25-26(20-8-12-23(32)13-9-20)31(17-16-30(2)3)29(35)28(25)34/h4-15,26,32-33H,16-18H2,1-3H3/b27-25-. The number of hydrogen-bond acceptors (Lipinski definition) is 6. The molecule has 1 aliphatic heterocycles. The lowest BCUT2D eigenvalue weighted by Gasteiger charge is -2.26. The van der Waals surface area contributed by atoms with Gasteiger partial charge >= 0.3 is 0 Å². The summed E-state index contributed by atoms with van der Waals surface area (Å²) < 4.78 is 5.89. The zero-order valence-corrected chi connectivity index (χ0v) is 20.6. The highest BCUT2D eigenvalue weighted by Crippen LogP contribution is 2.39. The second-order valence-corrected chi connectivity index (χ2v) is 9.13. The number of hydrogen-bond donors (Lipinski definition) is 2. The van der Waals surface area contributed by atoms with Gasteiger partial charge in [0.15, 0.2) is 0 Å². The number of ketones is 1. The van der Waals surface area contributed by atoms with Crippen molar-refractivity contribution in [2.24, 2.45) is 0 Å². The Bertz CT molecular complexity index is 1280. The Morgan fingerprint density at radius 2 is 1.64 bits per heavy atom. The number of benzene rings is 3. The molecular formula is C29H30N2O5. The molecule has 0 saturated carbocycles. The van der Waals surface area contributed by atoms with Gasteiger partial charge in [0.25, 0.3) is 11.7 Å². The van der Waals surface area contributed by atoms with Gasteiger partial charge in [-0.25, -0.2) is 0 Å². The van der Waals surface area contributed by atoms with Gasteiger partial charge in [-0.1, -0.05) is 36.4 Å². The normalized spacial score (nSPS) is 17.1. The number of carbonyl (C=O) groups is 2. The number of likely N-dealkylation sites (N-methyl/N-ethyl adjacent to an activating group) is 1. The maximum absolute atomic E-state index is 13.1. The lowest BCUT2D eigenvalue weighted by Crippen LogP contribution is -2.35. The van der Waals surface area contributed by atoms with E-state index in [4.69, 9.17) is 4.74 Å². The van der Waals surface area contributed by atoms with E-state index in [1.165, 1.54) is 17.0 Å². The molecule has 1 amide bonds. The Morgan fingerprint density at radius 1 is 0.972 bits per heavy atom. The third kappa shape index (κ3) is 5.26. The molecule has 1 unspecified atom stereocenters. The maximum Gasteiger partial charge on any atom is 0.295 e. The lowest BCUT2D eigenvalue weighted by molar-refractivity contribution is -0.140. The Balaban J connectivity index is 1.64. The first-order valence-corrected chi connectivity index (χ1v) is 11.8. The summed E-state index contributed by atoms with van der Waals surface area (Å²) in [6.45, 7) is 3.30. The van der Waals surface area contributed by atoms with E-state index in [1.807, 2.05) is 50.2 Å². The molecule has 0 bridgehead atoms. The largest absolute Gasteiger partial charge is 0.508 e. The summed E-state index contributed by atoms with van der Waals surface area (Å²) in [6.07, 6.45) is 0. The van der Waals surface area contributed by atoms with Gasteiger partial charge in [0, 0.05) is 18.7 Å². The number of likely N-dealkylation sites (tertiary alicyclic amines) is 1. The van der Waals surface area contributed by atoms with Crippen LogP contribution in [0.2, 0.25) is 0 Å². The first kappa shape index (κ1) is 25.0. The summed E-state index contributed by atoms with van der Waals surface area (Å²) in [5.41, 5.74) is 3.28. The zero-order valence-electron chi connectivity index (χ0n) is 20.6. The van der Waals surface area contributed by atoms with Crippen molar-refractivity contribution in [3.05, 3.63) is 101 Å². The molecule has 186 valence electrons. The minimum atomic E-state index is -0.762. The van der Waals surface area contributed by atoms with Gasteiger partial charge in [0.05, 0.1) is 11.6 Å². The summed E-state index contributed by atoms with van der Waals surface area (Å²) in [6, 6.07) is 20.3. The van der Waals surface area contributed by atoms with E-state index in [1.54, 1.807) is 36.4 Å². The van der Waals surface area contributed by atoms with Gasteiger partial charge in [-0.2, -0.15) is 0 Å².